The minimum Gasteiger partial charge on any atom is -0.399 e. The van der Waals surface area contributed by atoms with Crippen molar-refractivity contribution >= 4 is 17.3 Å². The first-order chi connectivity index (χ1) is 9.66. The topological polar surface area (TPSA) is 64.2 Å². The highest BCUT2D eigenvalue weighted by molar-refractivity contribution is 5.97. The van der Waals surface area contributed by atoms with Crippen molar-refractivity contribution in [3.05, 3.63) is 42.2 Å². The second kappa shape index (κ2) is 5.00. The van der Waals surface area contributed by atoms with E-state index in [2.05, 4.69) is 5.10 Å². The van der Waals surface area contributed by atoms with E-state index in [9.17, 15) is 4.79 Å². The van der Waals surface area contributed by atoms with Gasteiger partial charge in [-0.2, -0.15) is 5.10 Å². The molecule has 2 aromatic rings. The van der Waals surface area contributed by atoms with Crippen LogP contribution in [0, 0.1) is 0 Å². The first kappa shape index (κ1) is 12.7. The molecule has 0 radical (unpaired) electrons. The number of fused-ring (bicyclic) bond motifs is 1. The van der Waals surface area contributed by atoms with Crippen molar-refractivity contribution in [3.8, 4) is 0 Å². The van der Waals surface area contributed by atoms with Crippen molar-refractivity contribution in [2.75, 3.05) is 17.2 Å². The summed E-state index contributed by atoms with van der Waals surface area (Å²) in [4.78, 5) is 14.5. The lowest BCUT2D eigenvalue weighted by Crippen LogP contribution is -2.39. The van der Waals surface area contributed by atoms with Crippen LogP contribution in [0.15, 0.2) is 36.7 Å². The molecule has 2 N–H and O–H groups in total. The number of carbonyl (C=O) groups excluding carboxylic acids is 1. The summed E-state index contributed by atoms with van der Waals surface area (Å²) in [5.41, 5.74) is 8.70. The van der Waals surface area contributed by atoms with Crippen LogP contribution in [0.1, 0.15) is 24.9 Å². The predicted octanol–water partition coefficient (Wildman–Crippen LogP) is 2.01. The standard InChI is InChI=1S/C15H18N4O/c1-11(19-9-3-7-17-19)15(20)18-8-2-4-12-10-13(16)5-6-14(12)18/h3,5-7,9-11H,2,4,8,16H2,1H3. The van der Waals surface area contributed by atoms with Crippen molar-refractivity contribution in [2.24, 2.45) is 0 Å². The average molecular weight is 270 g/mol. The first-order valence-corrected chi connectivity index (χ1v) is 6.86. The highest BCUT2D eigenvalue weighted by Gasteiger charge is 2.27. The summed E-state index contributed by atoms with van der Waals surface area (Å²) in [6.45, 7) is 2.63. The van der Waals surface area contributed by atoms with Crippen molar-refractivity contribution in [2.45, 2.75) is 25.8 Å². The van der Waals surface area contributed by atoms with Crippen LogP contribution in [-0.2, 0) is 11.2 Å². The molecule has 0 saturated heterocycles. The molecule has 1 atom stereocenters. The monoisotopic (exact) mass is 270 g/mol. The number of hydrogen-bond acceptors (Lipinski definition) is 3. The minimum absolute atomic E-state index is 0.0689. The van der Waals surface area contributed by atoms with Gasteiger partial charge in [-0.1, -0.05) is 0 Å². The summed E-state index contributed by atoms with van der Waals surface area (Å²) in [5, 5.41) is 4.15. The maximum Gasteiger partial charge on any atom is 0.251 e. The normalized spacial score (nSPS) is 15.8. The Kier molecular flexibility index (Phi) is 3.18. The molecule has 5 heteroatoms. The van der Waals surface area contributed by atoms with Crippen LogP contribution in [0.5, 0.6) is 0 Å². The predicted molar refractivity (Wildman–Crippen MR) is 78.5 cm³/mol. The van der Waals surface area contributed by atoms with Gasteiger partial charge >= 0.3 is 0 Å². The van der Waals surface area contributed by atoms with E-state index in [0.29, 0.717) is 0 Å². The largest absolute Gasteiger partial charge is 0.399 e. The molecule has 1 aromatic carbocycles. The second-order valence-corrected chi connectivity index (χ2v) is 5.14. The van der Waals surface area contributed by atoms with Gasteiger partial charge in [-0.3, -0.25) is 9.48 Å². The smallest absolute Gasteiger partial charge is 0.251 e. The van der Waals surface area contributed by atoms with Crippen LogP contribution in [0.25, 0.3) is 0 Å². The third kappa shape index (κ3) is 2.15. The van der Waals surface area contributed by atoms with Gasteiger partial charge in [0.1, 0.15) is 6.04 Å². The molecule has 0 saturated carbocycles. The molecule has 0 fully saturated rings. The van der Waals surface area contributed by atoms with Gasteiger partial charge in [-0.15, -0.1) is 0 Å². The van der Waals surface area contributed by atoms with Crippen LogP contribution in [0.4, 0.5) is 11.4 Å². The Morgan fingerprint density at radius 3 is 3.05 bits per heavy atom. The molecule has 104 valence electrons. The number of rotatable bonds is 2. The van der Waals surface area contributed by atoms with Crippen molar-refractivity contribution in [1.29, 1.82) is 0 Å². The molecule has 3 rings (SSSR count). The molecular formula is C15H18N4O. The quantitative estimate of drug-likeness (QED) is 0.849. The number of carbonyl (C=O) groups is 1. The fourth-order valence-electron chi connectivity index (χ4n) is 2.69. The van der Waals surface area contributed by atoms with Crippen LogP contribution >= 0.6 is 0 Å². The van der Waals surface area contributed by atoms with E-state index in [-0.39, 0.29) is 11.9 Å². The number of amides is 1. The van der Waals surface area contributed by atoms with Gasteiger partial charge in [0.25, 0.3) is 5.91 Å². The lowest BCUT2D eigenvalue weighted by Gasteiger charge is -2.31. The van der Waals surface area contributed by atoms with Gasteiger partial charge in [-0.25, -0.2) is 0 Å². The molecule has 0 spiro atoms. The number of nitrogens with zero attached hydrogens (tertiary/aromatic N) is 3. The zero-order valence-electron chi connectivity index (χ0n) is 11.5. The van der Waals surface area contributed by atoms with Crippen molar-refractivity contribution in [3.63, 3.8) is 0 Å². The zero-order valence-corrected chi connectivity index (χ0v) is 11.5. The fourth-order valence-corrected chi connectivity index (χ4v) is 2.69. The molecule has 1 aliphatic rings. The Balaban J connectivity index is 1.90. The van der Waals surface area contributed by atoms with Gasteiger partial charge in [-0.05, 0) is 49.6 Å². The Bertz CT molecular complexity index is 621. The Hall–Kier alpha value is -2.30. The van der Waals surface area contributed by atoms with E-state index >= 15 is 0 Å². The first-order valence-electron chi connectivity index (χ1n) is 6.86. The summed E-state index contributed by atoms with van der Waals surface area (Å²) in [6.07, 6.45) is 5.44. The molecular weight excluding hydrogens is 252 g/mol. The van der Waals surface area contributed by atoms with Crippen LogP contribution in [-0.4, -0.2) is 22.2 Å². The maximum absolute atomic E-state index is 12.7. The Morgan fingerprint density at radius 1 is 1.45 bits per heavy atom. The lowest BCUT2D eigenvalue weighted by molar-refractivity contribution is -0.121. The molecule has 0 aliphatic carbocycles. The molecule has 1 aromatic heterocycles. The fraction of sp³-hybridized carbons (Fsp3) is 0.333. The van der Waals surface area contributed by atoms with Gasteiger partial charge < -0.3 is 10.6 Å². The molecule has 1 unspecified atom stereocenters. The highest BCUT2D eigenvalue weighted by Crippen LogP contribution is 2.30. The molecule has 5 nitrogen and oxygen atoms in total. The van der Waals surface area contributed by atoms with E-state index in [1.54, 1.807) is 10.9 Å². The molecule has 1 amide bonds. The van der Waals surface area contributed by atoms with E-state index < -0.39 is 0 Å². The molecule has 0 bridgehead atoms. The zero-order chi connectivity index (χ0) is 14.1. The number of anilines is 2. The van der Waals surface area contributed by atoms with E-state index in [1.807, 2.05) is 42.3 Å². The number of nitrogen functional groups attached to an aromatic ring is 1. The highest BCUT2D eigenvalue weighted by atomic mass is 16.2. The van der Waals surface area contributed by atoms with Gasteiger partial charge in [0.2, 0.25) is 0 Å². The number of hydrogen-bond donors (Lipinski definition) is 1. The van der Waals surface area contributed by atoms with Gasteiger partial charge in [0.05, 0.1) is 0 Å². The molecule has 1 aliphatic heterocycles. The second-order valence-electron chi connectivity index (χ2n) is 5.14. The van der Waals surface area contributed by atoms with Crippen LogP contribution < -0.4 is 10.6 Å². The number of aryl methyl sites for hydroxylation is 1. The molecule has 20 heavy (non-hydrogen) atoms. The number of aromatic nitrogens is 2. The SMILES string of the molecule is CC(C(=O)N1CCCc2cc(N)ccc21)n1cccn1. The summed E-state index contributed by atoms with van der Waals surface area (Å²) >= 11 is 0. The van der Waals surface area contributed by atoms with Crippen molar-refractivity contribution in [1.82, 2.24) is 9.78 Å². The minimum atomic E-state index is -0.298. The number of benzene rings is 1. The molecule has 2 heterocycles. The third-order valence-corrected chi connectivity index (χ3v) is 3.77. The Morgan fingerprint density at radius 2 is 2.30 bits per heavy atom. The third-order valence-electron chi connectivity index (χ3n) is 3.77. The lowest BCUT2D eigenvalue weighted by atomic mass is 10.0. The summed E-state index contributed by atoms with van der Waals surface area (Å²) < 4.78 is 1.69. The maximum atomic E-state index is 12.7. The summed E-state index contributed by atoms with van der Waals surface area (Å²) in [5.74, 6) is 0.0689. The summed E-state index contributed by atoms with van der Waals surface area (Å²) in [7, 11) is 0. The van der Waals surface area contributed by atoms with Gasteiger partial charge in [0.15, 0.2) is 0 Å². The van der Waals surface area contributed by atoms with Crippen LogP contribution in [0.3, 0.4) is 0 Å². The van der Waals surface area contributed by atoms with E-state index in [0.717, 1.165) is 36.3 Å². The van der Waals surface area contributed by atoms with E-state index in [1.165, 1.54) is 0 Å². The summed E-state index contributed by atoms with van der Waals surface area (Å²) in [6, 6.07) is 7.29. The van der Waals surface area contributed by atoms with E-state index in [4.69, 9.17) is 5.73 Å². The average Bonchev–Trinajstić information content (AvgIpc) is 2.99. The van der Waals surface area contributed by atoms with Crippen molar-refractivity contribution < 1.29 is 4.79 Å². The Labute approximate surface area is 118 Å². The number of nitrogens with two attached hydrogens (primary N) is 1. The van der Waals surface area contributed by atoms with Gasteiger partial charge in [0, 0.05) is 30.3 Å². The van der Waals surface area contributed by atoms with Crippen LogP contribution in [0.2, 0.25) is 0 Å².